The van der Waals surface area contributed by atoms with Gasteiger partial charge in [0.1, 0.15) is 0 Å². The van der Waals surface area contributed by atoms with E-state index in [0.717, 1.165) is 13.1 Å². The van der Waals surface area contributed by atoms with E-state index in [1.807, 2.05) is 0 Å². The number of hydrogen-bond donors (Lipinski definition) is 0. The van der Waals surface area contributed by atoms with E-state index in [4.69, 9.17) is 0 Å². The average molecular weight is 239 g/mol. The van der Waals surface area contributed by atoms with Crippen LogP contribution in [0.5, 0.6) is 0 Å². The van der Waals surface area contributed by atoms with Crippen molar-refractivity contribution in [3.63, 3.8) is 0 Å². The Morgan fingerprint density at radius 3 is 1.67 bits per heavy atom. The first-order chi connectivity index (χ1) is 8.81. The Bertz CT molecular complexity index is 410. The number of nitrogens with zero attached hydrogens (tertiary/aromatic N) is 1. The third-order valence-corrected chi connectivity index (χ3v) is 3.44. The summed E-state index contributed by atoms with van der Waals surface area (Å²) >= 11 is 0. The molecule has 0 spiro atoms. The standard InChI is InChI=1S/C17H21N/c1-3-18(2)14-17(15-10-6-4-7-11-15)16-12-8-5-9-13-16/h4-13,17H,3,14H2,1-2H3. The number of likely N-dealkylation sites (N-methyl/N-ethyl adjacent to an activating group) is 1. The predicted octanol–water partition coefficient (Wildman–Crippen LogP) is 3.77. The Kier molecular flexibility index (Phi) is 4.54. The second-order valence-corrected chi connectivity index (χ2v) is 4.73. The van der Waals surface area contributed by atoms with E-state index in [0.29, 0.717) is 5.92 Å². The molecule has 0 radical (unpaired) electrons. The molecule has 18 heavy (non-hydrogen) atoms. The Balaban J connectivity index is 2.29. The molecule has 0 atom stereocenters. The van der Waals surface area contributed by atoms with Crippen molar-refractivity contribution in [2.45, 2.75) is 12.8 Å². The van der Waals surface area contributed by atoms with Gasteiger partial charge in [0.25, 0.3) is 0 Å². The first-order valence-corrected chi connectivity index (χ1v) is 6.59. The average Bonchev–Trinajstić information content (AvgIpc) is 2.46. The highest BCUT2D eigenvalue weighted by Gasteiger charge is 2.15. The third-order valence-electron chi connectivity index (χ3n) is 3.44. The van der Waals surface area contributed by atoms with E-state index >= 15 is 0 Å². The molecule has 0 aliphatic rings. The second kappa shape index (κ2) is 6.36. The lowest BCUT2D eigenvalue weighted by Gasteiger charge is -2.24. The molecule has 0 N–H and O–H groups in total. The van der Waals surface area contributed by atoms with Crippen LogP contribution in [0.2, 0.25) is 0 Å². The smallest absolute Gasteiger partial charge is 0.0217 e. The lowest BCUT2D eigenvalue weighted by atomic mass is 9.91. The summed E-state index contributed by atoms with van der Waals surface area (Å²) in [6, 6.07) is 21.5. The molecule has 1 nitrogen and oxygen atoms in total. The molecule has 0 heterocycles. The zero-order chi connectivity index (χ0) is 12.8. The van der Waals surface area contributed by atoms with Gasteiger partial charge < -0.3 is 4.90 Å². The summed E-state index contributed by atoms with van der Waals surface area (Å²) in [5.41, 5.74) is 2.79. The molecule has 94 valence electrons. The van der Waals surface area contributed by atoms with Crippen LogP contribution in [0.25, 0.3) is 0 Å². The van der Waals surface area contributed by atoms with Crippen LogP contribution < -0.4 is 0 Å². The molecule has 0 amide bonds. The van der Waals surface area contributed by atoms with E-state index in [9.17, 15) is 0 Å². The summed E-state index contributed by atoms with van der Waals surface area (Å²) in [6.45, 7) is 4.34. The van der Waals surface area contributed by atoms with E-state index < -0.39 is 0 Å². The van der Waals surface area contributed by atoms with Gasteiger partial charge in [-0.25, -0.2) is 0 Å². The molecule has 2 aromatic carbocycles. The third kappa shape index (κ3) is 3.21. The Hall–Kier alpha value is -1.60. The fourth-order valence-electron chi connectivity index (χ4n) is 2.21. The quantitative estimate of drug-likeness (QED) is 0.767. The summed E-state index contributed by atoms with van der Waals surface area (Å²) in [5.74, 6) is 0.456. The van der Waals surface area contributed by atoms with Crippen molar-refractivity contribution in [1.82, 2.24) is 4.90 Å². The van der Waals surface area contributed by atoms with Crippen molar-refractivity contribution in [3.05, 3.63) is 71.8 Å². The van der Waals surface area contributed by atoms with Crippen molar-refractivity contribution in [2.24, 2.45) is 0 Å². The largest absolute Gasteiger partial charge is 0.306 e. The van der Waals surface area contributed by atoms with Crippen molar-refractivity contribution >= 4 is 0 Å². The Morgan fingerprint density at radius 1 is 0.833 bits per heavy atom. The molecule has 0 aliphatic heterocycles. The molecule has 0 fully saturated rings. The zero-order valence-corrected chi connectivity index (χ0v) is 11.2. The molecule has 0 bridgehead atoms. The van der Waals surface area contributed by atoms with Gasteiger partial charge in [0.2, 0.25) is 0 Å². The fraction of sp³-hybridized carbons (Fsp3) is 0.294. The molecule has 0 saturated carbocycles. The van der Waals surface area contributed by atoms with Gasteiger partial charge in [-0.15, -0.1) is 0 Å². The summed E-state index contributed by atoms with van der Waals surface area (Å²) < 4.78 is 0. The molecular formula is C17H21N. The van der Waals surface area contributed by atoms with Gasteiger partial charge in [-0.2, -0.15) is 0 Å². The maximum atomic E-state index is 2.37. The summed E-state index contributed by atoms with van der Waals surface area (Å²) in [7, 11) is 2.18. The zero-order valence-electron chi connectivity index (χ0n) is 11.2. The number of rotatable bonds is 5. The highest BCUT2D eigenvalue weighted by molar-refractivity contribution is 5.32. The lowest BCUT2D eigenvalue weighted by molar-refractivity contribution is 0.340. The van der Waals surface area contributed by atoms with Crippen LogP contribution in [0.3, 0.4) is 0 Å². The van der Waals surface area contributed by atoms with Crippen LogP contribution in [0.15, 0.2) is 60.7 Å². The van der Waals surface area contributed by atoms with Crippen molar-refractivity contribution in [1.29, 1.82) is 0 Å². The maximum Gasteiger partial charge on any atom is 0.0217 e. The minimum absolute atomic E-state index is 0.456. The van der Waals surface area contributed by atoms with E-state index in [1.165, 1.54) is 11.1 Å². The van der Waals surface area contributed by atoms with Gasteiger partial charge in [-0.1, -0.05) is 67.6 Å². The molecule has 0 saturated heterocycles. The van der Waals surface area contributed by atoms with Crippen molar-refractivity contribution < 1.29 is 0 Å². The maximum absolute atomic E-state index is 2.37. The van der Waals surface area contributed by atoms with Crippen LogP contribution >= 0.6 is 0 Å². The van der Waals surface area contributed by atoms with E-state index in [-0.39, 0.29) is 0 Å². The van der Waals surface area contributed by atoms with Gasteiger partial charge in [0.15, 0.2) is 0 Å². The first-order valence-electron chi connectivity index (χ1n) is 6.59. The molecule has 0 aliphatic carbocycles. The second-order valence-electron chi connectivity index (χ2n) is 4.73. The number of benzene rings is 2. The normalized spacial score (nSPS) is 11.1. The van der Waals surface area contributed by atoms with Gasteiger partial charge in [-0.3, -0.25) is 0 Å². The van der Waals surface area contributed by atoms with Crippen LogP contribution in [0, 0.1) is 0 Å². The van der Waals surface area contributed by atoms with Gasteiger partial charge in [0.05, 0.1) is 0 Å². The van der Waals surface area contributed by atoms with Crippen LogP contribution in [0.4, 0.5) is 0 Å². The highest BCUT2D eigenvalue weighted by Crippen LogP contribution is 2.25. The fourth-order valence-corrected chi connectivity index (χ4v) is 2.21. The van der Waals surface area contributed by atoms with Crippen LogP contribution in [-0.4, -0.2) is 25.0 Å². The summed E-state index contributed by atoms with van der Waals surface area (Å²) in [5, 5.41) is 0. The molecular weight excluding hydrogens is 218 g/mol. The minimum atomic E-state index is 0.456. The predicted molar refractivity (Wildman–Crippen MR) is 77.9 cm³/mol. The molecule has 2 rings (SSSR count). The molecule has 1 heteroatoms. The van der Waals surface area contributed by atoms with Crippen molar-refractivity contribution in [2.75, 3.05) is 20.1 Å². The van der Waals surface area contributed by atoms with Gasteiger partial charge >= 0.3 is 0 Å². The minimum Gasteiger partial charge on any atom is -0.306 e. The molecule has 2 aromatic rings. The Labute approximate surface area is 110 Å². The van der Waals surface area contributed by atoms with Gasteiger partial charge in [-0.05, 0) is 24.7 Å². The van der Waals surface area contributed by atoms with Crippen LogP contribution in [-0.2, 0) is 0 Å². The topological polar surface area (TPSA) is 3.24 Å². The lowest BCUT2D eigenvalue weighted by Crippen LogP contribution is -2.25. The Morgan fingerprint density at radius 2 is 1.28 bits per heavy atom. The summed E-state index contributed by atoms with van der Waals surface area (Å²) in [6.07, 6.45) is 0. The molecule has 0 unspecified atom stereocenters. The first kappa shape index (κ1) is 12.8. The monoisotopic (exact) mass is 239 g/mol. The number of hydrogen-bond acceptors (Lipinski definition) is 1. The van der Waals surface area contributed by atoms with E-state index in [2.05, 4.69) is 79.5 Å². The van der Waals surface area contributed by atoms with Crippen molar-refractivity contribution in [3.8, 4) is 0 Å². The van der Waals surface area contributed by atoms with E-state index in [1.54, 1.807) is 0 Å². The SMILES string of the molecule is CCN(C)CC(c1ccccc1)c1ccccc1. The summed E-state index contributed by atoms with van der Waals surface area (Å²) in [4.78, 5) is 2.37. The highest BCUT2D eigenvalue weighted by atomic mass is 15.1. The van der Waals surface area contributed by atoms with Crippen LogP contribution in [0.1, 0.15) is 24.0 Å². The molecule has 0 aromatic heterocycles. The van der Waals surface area contributed by atoms with Gasteiger partial charge in [0, 0.05) is 12.5 Å².